The average molecular weight is 398 g/mol. The lowest BCUT2D eigenvalue weighted by Crippen LogP contribution is -2.18. The van der Waals surface area contributed by atoms with E-state index in [0.29, 0.717) is 11.7 Å². The summed E-state index contributed by atoms with van der Waals surface area (Å²) in [5.74, 6) is -0.949. The Balaban J connectivity index is 1.61. The summed E-state index contributed by atoms with van der Waals surface area (Å²) in [5, 5.41) is 12.9. The van der Waals surface area contributed by atoms with E-state index in [1.54, 1.807) is 12.1 Å². The molecule has 9 heteroatoms. The van der Waals surface area contributed by atoms with Gasteiger partial charge in [-0.3, -0.25) is 9.89 Å². The second-order valence-electron chi connectivity index (χ2n) is 7.10. The molecule has 1 atom stereocenters. The Hall–Kier alpha value is -3.49. The quantitative estimate of drug-likeness (QED) is 0.481. The molecule has 0 saturated heterocycles. The fraction of sp³-hybridized carbons (Fsp3) is 0.250. The zero-order chi connectivity index (χ0) is 20.5. The minimum Gasteiger partial charge on any atom is -0.365 e. The highest BCUT2D eigenvalue weighted by atomic mass is 19.1. The van der Waals surface area contributed by atoms with Crippen LogP contribution >= 0.6 is 0 Å². The molecule has 1 aliphatic rings. The number of nitrogens with one attached hydrogen (secondary N) is 3. The molecule has 1 fully saturated rings. The van der Waals surface area contributed by atoms with E-state index >= 15 is 0 Å². The van der Waals surface area contributed by atoms with Gasteiger partial charge in [0.2, 0.25) is 0 Å². The third-order valence-corrected chi connectivity index (χ3v) is 4.83. The van der Waals surface area contributed by atoms with E-state index in [-0.39, 0.29) is 29.1 Å². The molecular formula is C20H20F2N6O. The standard InChI is InChI=1S/C20H20F2N6O/c1-10(11-4-6-13(21)7-5-11)24-19-14(18(23)29)8-15(22)20(26-19)25-17-9-16(27-28-17)12-2-3-12/h4-10,12H,2-3H2,1H3,(H2,23,29)(H3,24,25,26,27,28). The Bertz CT molecular complexity index is 1050. The summed E-state index contributed by atoms with van der Waals surface area (Å²) in [6, 6.07) is 8.42. The summed E-state index contributed by atoms with van der Waals surface area (Å²) in [5.41, 5.74) is 7.07. The van der Waals surface area contributed by atoms with Gasteiger partial charge in [0.1, 0.15) is 11.6 Å². The maximum atomic E-state index is 14.5. The Morgan fingerprint density at radius 1 is 1.21 bits per heavy atom. The zero-order valence-corrected chi connectivity index (χ0v) is 15.7. The number of aromatic amines is 1. The molecule has 2 heterocycles. The molecular weight excluding hydrogens is 378 g/mol. The van der Waals surface area contributed by atoms with Gasteiger partial charge in [0.15, 0.2) is 17.5 Å². The number of aromatic nitrogens is 3. The van der Waals surface area contributed by atoms with Gasteiger partial charge in [-0.05, 0) is 43.5 Å². The largest absolute Gasteiger partial charge is 0.365 e. The number of rotatable bonds is 7. The molecule has 4 rings (SSSR count). The van der Waals surface area contributed by atoms with Crippen LogP contribution < -0.4 is 16.4 Å². The number of primary amides is 1. The Labute approximate surface area is 165 Å². The van der Waals surface area contributed by atoms with Gasteiger partial charge in [-0.15, -0.1) is 0 Å². The molecule has 0 aliphatic heterocycles. The van der Waals surface area contributed by atoms with Crippen molar-refractivity contribution < 1.29 is 13.6 Å². The predicted octanol–water partition coefficient (Wildman–Crippen LogP) is 3.98. The van der Waals surface area contributed by atoms with Gasteiger partial charge in [-0.1, -0.05) is 12.1 Å². The highest BCUT2D eigenvalue weighted by Crippen LogP contribution is 2.39. The van der Waals surface area contributed by atoms with Crippen LogP contribution in [0, 0.1) is 11.6 Å². The summed E-state index contributed by atoms with van der Waals surface area (Å²) in [6.45, 7) is 1.81. The van der Waals surface area contributed by atoms with E-state index in [4.69, 9.17) is 5.73 Å². The summed E-state index contributed by atoms with van der Waals surface area (Å²) in [7, 11) is 0. The van der Waals surface area contributed by atoms with Crippen molar-refractivity contribution in [3.8, 4) is 0 Å². The van der Waals surface area contributed by atoms with Gasteiger partial charge in [-0.2, -0.15) is 5.10 Å². The van der Waals surface area contributed by atoms with E-state index in [2.05, 4.69) is 25.8 Å². The van der Waals surface area contributed by atoms with E-state index in [0.717, 1.165) is 30.2 Å². The number of halogens is 2. The molecule has 1 aromatic carbocycles. The van der Waals surface area contributed by atoms with E-state index < -0.39 is 11.7 Å². The minimum absolute atomic E-state index is 0.0808. The van der Waals surface area contributed by atoms with Gasteiger partial charge >= 0.3 is 0 Å². The second-order valence-corrected chi connectivity index (χ2v) is 7.10. The van der Waals surface area contributed by atoms with Crippen LogP contribution in [0.5, 0.6) is 0 Å². The van der Waals surface area contributed by atoms with Crippen LogP contribution in [-0.4, -0.2) is 21.1 Å². The van der Waals surface area contributed by atoms with Crippen molar-refractivity contribution in [1.82, 2.24) is 15.2 Å². The van der Waals surface area contributed by atoms with Crippen LogP contribution in [0.4, 0.5) is 26.2 Å². The molecule has 150 valence electrons. The molecule has 5 N–H and O–H groups in total. The first kappa shape index (κ1) is 18.9. The molecule has 1 aliphatic carbocycles. The molecule has 29 heavy (non-hydrogen) atoms. The van der Waals surface area contributed by atoms with Gasteiger partial charge < -0.3 is 16.4 Å². The van der Waals surface area contributed by atoms with Crippen LogP contribution in [-0.2, 0) is 0 Å². The lowest BCUT2D eigenvalue weighted by atomic mass is 10.1. The van der Waals surface area contributed by atoms with Crippen molar-refractivity contribution in [2.24, 2.45) is 5.73 Å². The maximum Gasteiger partial charge on any atom is 0.252 e. The lowest BCUT2D eigenvalue weighted by Gasteiger charge is -2.18. The van der Waals surface area contributed by atoms with Crippen LogP contribution in [0.25, 0.3) is 0 Å². The Morgan fingerprint density at radius 2 is 1.93 bits per heavy atom. The van der Waals surface area contributed by atoms with E-state index in [1.165, 1.54) is 12.1 Å². The van der Waals surface area contributed by atoms with Crippen molar-refractivity contribution in [3.63, 3.8) is 0 Å². The third kappa shape index (κ3) is 4.18. The van der Waals surface area contributed by atoms with Crippen molar-refractivity contribution in [2.75, 3.05) is 10.6 Å². The number of benzene rings is 1. The minimum atomic E-state index is -0.812. The van der Waals surface area contributed by atoms with Gasteiger partial charge in [0.25, 0.3) is 5.91 Å². The fourth-order valence-corrected chi connectivity index (χ4v) is 3.04. The fourth-order valence-electron chi connectivity index (χ4n) is 3.04. The average Bonchev–Trinajstić information content (AvgIpc) is 3.43. The monoisotopic (exact) mass is 398 g/mol. The first-order valence-electron chi connectivity index (χ1n) is 9.25. The maximum absolute atomic E-state index is 14.5. The first-order chi connectivity index (χ1) is 13.9. The van der Waals surface area contributed by atoms with E-state index in [1.807, 2.05) is 13.0 Å². The summed E-state index contributed by atoms with van der Waals surface area (Å²) in [6.07, 6.45) is 2.22. The van der Waals surface area contributed by atoms with Crippen LogP contribution in [0.2, 0.25) is 0 Å². The number of carbonyl (C=O) groups is 1. The van der Waals surface area contributed by atoms with Gasteiger partial charge in [-0.25, -0.2) is 13.8 Å². The number of hydrogen-bond acceptors (Lipinski definition) is 5. The number of anilines is 3. The number of carbonyl (C=O) groups excluding carboxylic acids is 1. The Morgan fingerprint density at radius 3 is 2.59 bits per heavy atom. The molecule has 2 aromatic heterocycles. The number of nitrogens with zero attached hydrogens (tertiary/aromatic N) is 2. The number of H-pyrrole nitrogens is 1. The number of amides is 1. The van der Waals surface area contributed by atoms with Crippen molar-refractivity contribution in [3.05, 3.63) is 64.9 Å². The van der Waals surface area contributed by atoms with E-state index in [9.17, 15) is 13.6 Å². The normalized spacial score (nSPS) is 14.4. The lowest BCUT2D eigenvalue weighted by molar-refractivity contribution is 0.100. The van der Waals surface area contributed by atoms with Gasteiger partial charge in [0, 0.05) is 23.7 Å². The highest BCUT2D eigenvalue weighted by molar-refractivity contribution is 5.98. The number of hydrogen-bond donors (Lipinski definition) is 4. The topological polar surface area (TPSA) is 109 Å². The predicted molar refractivity (Wildman–Crippen MR) is 105 cm³/mol. The van der Waals surface area contributed by atoms with Crippen molar-refractivity contribution in [1.29, 1.82) is 0 Å². The molecule has 7 nitrogen and oxygen atoms in total. The molecule has 3 aromatic rings. The number of pyridine rings is 1. The van der Waals surface area contributed by atoms with Crippen molar-refractivity contribution in [2.45, 2.75) is 31.7 Å². The molecule has 1 amide bonds. The van der Waals surface area contributed by atoms with Crippen LogP contribution in [0.1, 0.15) is 53.3 Å². The molecule has 0 spiro atoms. The molecule has 0 bridgehead atoms. The van der Waals surface area contributed by atoms with Crippen molar-refractivity contribution >= 4 is 23.4 Å². The first-order valence-corrected chi connectivity index (χ1v) is 9.25. The molecule has 1 saturated carbocycles. The SMILES string of the molecule is CC(Nc1nc(Nc2cc(C3CC3)[nH]n2)c(F)cc1C(N)=O)c1ccc(F)cc1. The third-order valence-electron chi connectivity index (χ3n) is 4.83. The van der Waals surface area contributed by atoms with Crippen LogP contribution in [0.3, 0.4) is 0 Å². The summed E-state index contributed by atoms with van der Waals surface area (Å²) < 4.78 is 27.7. The second kappa shape index (κ2) is 7.50. The smallest absolute Gasteiger partial charge is 0.252 e. The number of nitrogens with two attached hydrogens (primary N) is 1. The van der Waals surface area contributed by atoms with Crippen LogP contribution in [0.15, 0.2) is 36.4 Å². The summed E-state index contributed by atoms with van der Waals surface area (Å²) in [4.78, 5) is 16.0. The Kier molecular flexibility index (Phi) is 4.87. The summed E-state index contributed by atoms with van der Waals surface area (Å²) >= 11 is 0. The van der Waals surface area contributed by atoms with Gasteiger partial charge in [0.05, 0.1) is 5.56 Å². The zero-order valence-electron chi connectivity index (χ0n) is 15.7. The molecule has 1 unspecified atom stereocenters. The highest BCUT2D eigenvalue weighted by Gasteiger charge is 2.26. The molecule has 0 radical (unpaired) electrons.